The smallest absolute Gasteiger partial charge is 0.0917 e. The Kier molecular flexibility index (Phi) is 35.1. The number of unbranched alkanes of at least 4 members (excludes halogenated alkanes) is 29. The lowest BCUT2D eigenvalue weighted by Crippen LogP contribution is -1.96. The molecule has 0 saturated heterocycles. The van der Waals surface area contributed by atoms with Gasteiger partial charge in [0.15, 0.2) is 0 Å². The van der Waals surface area contributed by atoms with Gasteiger partial charge in [-0.15, -0.1) is 0 Å². The average Bonchev–Trinajstić information content (AvgIpc) is 2.95. The lowest BCUT2D eigenvalue weighted by atomic mass is 10.0. The van der Waals surface area contributed by atoms with Crippen LogP contribution in [0.2, 0.25) is 0 Å². The summed E-state index contributed by atoms with van der Waals surface area (Å²) in [6.07, 6.45) is 47.7. The third-order valence-electron chi connectivity index (χ3n) is 8.63. The Labute approximate surface area is 249 Å². The summed E-state index contributed by atoms with van der Waals surface area (Å²) >= 11 is 0. The molecule has 0 atom stereocenters. The number of ether oxygens (including phenoxy) is 1. The van der Waals surface area contributed by atoms with E-state index in [9.17, 15) is 0 Å². The molecule has 0 unspecified atom stereocenters. The summed E-state index contributed by atoms with van der Waals surface area (Å²) in [5.41, 5.74) is 0. The van der Waals surface area contributed by atoms with E-state index in [2.05, 4.69) is 26.8 Å². The van der Waals surface area contributed by atoms with E-state index in [-0.39, 0.29) is 0 Å². The normalized spacial score (nSPS) is 11.9. The summed E-state index contributed by atoms with van der Waals surface area (Å²) in [5, 5.41) is 0. The topological polar surface area (TPSA) is 9.23 Å². The number of hydrogen-bond acceptors (Lipinski definition) is 1. The molecule has 1 nitrogen and oxygen atoms in total. The molecule has 0 aliphatic carbocycles. The summed E-state index contributed by atoms with van der Waals surface area (Å²) in [5.74, 6) is 1.24. The predicted octanol–water partition coefficient (Wildman–Crippen LogP) is 14.4. The zero-order valence-corrected chi connectivity index (χ0v) is 27.8. The number of rotatable bonds is 34. The van der Waals surface area contributed by atoms with Crippen LogP contribution in [0.15, 0.2) is 11.8 Å². The lowest BCUT2D eigenvalue weighted by Gasteiger charge is -2.10. The van der Waals surface area contributed by atoms with Crippen molar-refractivity contribution < 1.29 is 4.74 Å². The van der Waals surface area contributed by atoms with Crippen LogP contribution < -0.4 is 0 Å². The molecule has 0 amide bonds. The first-order chi connectivity index (χ1) is 19.3. The van der Waals surface area contributed by atoms with Crippen LogP contribution in [0.4, 0.5) is 0 Å². The van der Waals surface area contributed by atoms with Gasteiger partial charge in [-0.2, -0.15) is 0 Å². The van der Waals surface area contributed by atoms with Gasteiger partial charge in [0.1, 0.15) is 0 Å². The van der Waals surface area contributed by atoms with Crippen molar-refractivity contribution in [2.24, 2.45) is 0 Å². The van der Waals surface area contributed by atoms with E-state index in [4.69, 9.17) is 4.74 Å². The second kappa shape index (κ2) is 35.6. The van der Waals surface area contributed by atoms with Crippen molar-refractivity contribution >= 4 is 0 Å². The average molecular weight is 549 g/mol. The van der Waals surface area contributed by atoms with Gasteiger partial charge in [-0.1, -0.05) is 200 Å². The van der Waals surface area contributed by atoms with E-state index in [1.54, 1.807) is 0 Å². The fourth-order valence-corrected chi connectivity index (χ4v) is 5.82. The molecule has 0 spiro atoms. The highest BCUT2D eigenvalue weighted by molar-refractivity contribution is 4.90. The molecule has 0 aliphatic rings. The van der Waals surface area contributed by atoms with E-state index in [0.717, 1.165) is 13.0 Å². The van der Waals surface area contributed by atoms with Crippen molar-refractivity contribution in [2.75, 3.05) is 6.61 Å². The first kappa shape index (κ1) is 38.5. The van der Waals surface area contributed by atoms with Crippen molar-refractivity contribution in [2.45, 2.75) is 226 Å². The van der Waals surface area contributed by atoms with Gasteiger partial charge >= 0.3 is 0 Å². The Morgan fingerprint density at radius 3 is 0.897 bits per heavy atom. The summed E-state index contributed by atoms with van der Waals surface area (Å²) < 4.78 is 6.09. The van der Waals surface area contributed by atoms with Crippen LogP contribution in [0.25, 0.3) is 0 Å². The standard InChI is InChI=1S/C38H76O/c1-4-7-9-11-13-15-17-19-21-23-25-27-29-31-33-35-37-39-38(6-3)36-34-32-30-28-26-24-22-20-18-16-14-12-10-8-5-2/h6H,4-5,7-37H2,1-3H3/b38-6-. The van der Waals surface area contributed by atoms with Crippen LogP contribution in [0.1, 0.15) is 226 Å². The minimum atomic E-state index is 0.927. The second-order valence-electron chi connectivity index (χ2n) is 12.6. The molecule has 0 rings (SSSR count). The first-order valence-electron chi connectivity index (χ1n) is 18.6. The van der Waals surface area contributed by atoms with Gasteiger partial charge in [0.25, 0.3) is 0 Å². The van der Waals surface area contributed by atoms with Gasteiger partial charge in [0.2, 0.25) is 0 Å². The second-order valence-corrected chi connectivity index (χ2v) is 12.6. The Bertz CT molecular complexity index is 454. The van der Waals surface area contributed by atoms with Crippen molar-refractivity contribution in [3.63, 3.8) is 0 Å². The fourth-order valence-electron chi connectivity index (χ4n) is 5.82. The fraction of sp³-hybridized carbons (Fsp3) is 0.947. The van der Waals surface area contributed by atoms with Crippen LogP contribution in [-0.4, -0.2) is 6.61 Å². The maximum Gasteiger partial charge on any atom is 0.0917 e. The SMILES string of the molecule is C/C=C(/CCCCCCCCCCCCCCCCC)OCCCCCCCCCCCCCCCCCC. The first-order valence-corrected chi connectivity index (χ1v) is 18.6. The Morgan fingerprint density at radius 2 is 0.615 bits per heavy atom. The van der Waals surface area contributed by atoms with Gasteiger partial charge in [-0.3, -0.25) is 0 Å². The molecule has 0 aromatic heterocycles. The van der Waals surface area contributed by atoms with Gasteiger partial charge in [-0.05, 0) is 25.8 Å². The molecule has 0 aromatic carbocycles. The van der Waals surface area contributed by atoms with Gasteiger partial charge < -0.3 is 4.74 Å². The predicted molar refractivity (Wildman–Crippen MR) is 179 cm³/mol. The summed E-state index contributed by atoms with van der Waals surface area (Å²) in [6, 6.07) is 0. The third kappa shape index (κ3) is 33.6. The Hall–Kier alpha value is -0.460. The van der Waals surface area contributed by atoms with Crippen molar-refractivity contribution in [3.05, 3.63) is 11.8 Å². The number of allylic oxidation sites excluding steroid dienone is 2. The molecule has 0 fully saturated rings. The Balaban J connectivity index is 3.26. The molecule has 39 heavy (non-hydrogen) atoms. The van der Waals surface area contributed by atoms with Crippen LogP contribution in [-0.2, 0) is 4.74 Å². The molecule has 0 aromatic rings. The number of hydrogen-bond donors (Lipinski definition) is 0. The van der Waals surface area contributed by atoms with E-state index < -0.39 is 0 Å². The molecule has 0 N–H and O–H groups in total. The van der Waals surface area contributed by atoms with Crippen LogP contribution in [0.5, 0.6) is 0 Å². The minimum Gasteiger partial charge on any atom is -0.498 e. The van der Waals surface area contributed by atoms with E-state index >= 15 is 0 Å². The van der Waals surface area contributed by atoms with E-state index in [0.29, 0.717) is 0 Å². The minimum absolute atomic E-state index is 0.927. The quantitative estimate of drug-likeness (QED) is 0.0574. The van der Waals surface area contributed by atoms with Crippen LogP contribution in [0, 0.1) is 0 Å². The van der Waals surface area contributed by atoms with Gasteiger partial charge in [-0.25, -0.2) is 0 Å². The van der Waals surface area contributed by atoms with Crippen LogP contribution in [0.3, 0.4) is 0 Å². The van der Waals surface area contributed by atoms with Gasteiger partial charge in [0, 0.05) is 6.42 Å². The zero-order chi connectivity index (χ0) is 28.3. The highest BCUT2D eigenvalue weighted by atomic mass is 16.5. The largest absolute Gasteiger partial charge is 0.498 e. The zero-order valence-electron chi connectivity index (χ0n) is 27.8. The molecule has 1 heteroatoms. The maximum absolute atomic E-state index is 6.09. The summed E-state index contributed by atoms with van der Waals surface area (Å²) in [6.45, 7) is 7.68. The summed E-state index contributed by atoms with van der Waals surface area (Å²) in [7, 11) is 0. The molecular formula is C38H76O. The summed E-state index contributed by atoms with van der Waals surface area (Å²) in [4.78, 5) is 0. The molecule has 0 saturated carbocycles. The van der Waals surface area contributed by atoms with Gasteiger partial charge in [0.05, 0.1) is 12.4 Å². The van der Waals surface area contributed by atoms with E-state index in [1.165, 1.54) is 205 Å². The lowest BCUT2D eigenvalue weighted by molar-refractivity contribution is 0.193. The molecule has 0 aliphatic heterocycles. The van der Waals surface area contributed by atoms with E-state index in [1.807, 2.05) is 0 Å². The molecule has 234 valence electrons. The molecule has 0 radical (unpaired) electrons. The molecular weight excluding hydrogens is 472 g/mol. The van der Waals surface area contributed by atoms with Crippen molar-refractivity contribution in [3.8, 4) is 0 Å². The molecule has 0 bridgehead atoms. The van der Waals surface area contributed by atoms with Crippen molar-refractivity contribution in [1.29, 1.82) is 0 Å². The third-order valence-corrected chi connectivity index (χ3v) is 8.63. The highest BCUT2D eigenvalue weighted by Crippen LogP contribution is 2.17. The highest BCUT2D eigenvalue weighted by Gasteiger charge is 2.00. The maximum atomic E-state index is 6.09. The molecule has 0 heterocycles. The van der Waals surface area contributed by atoms with Crippen LogP contribution >= 0.6 is 0 Å². The van der Waals surface area contributed by atoms with Crippen molar-refractivity contribution in [1.82, 2.24) is 0 Å². The monoisotopic (exact) mass is 549 g/mol. The Morgan fingerprint density at radius 1 is 0.359 bits per heavy atom.